The summed E-state index contributed by atoms with van der Waals surface area (Å²) in [6, 6.07) is 14.2. The van der Waals surface area contributed by atoms with Gasteiger partial charge in [0, 0.05) is 30.8 Å². The lowest BCUT2D eigenvalue weighted by Gasteiger charge is -2.34. The van der Waals surface area contributed by atoms with Crippen molar-refractivity contribution in [1.82, 2.24) is 4.90 Å². The molecule has 3 nitrogen and oxygen atoms in total. The lowest BCUT2D eigenvalue weighted by Crippen LogP contribution is -2.43. The van der Waals surface area contributed by atoms with Gasteiger partial charge >= 0.3 is 0 Å². The van der Waals surface area contributed by atoms with Crippen molar-refractivity contribution in [3.63, 3.8) is 0 Å². The Balaban J connectivity index is 1.65. The lowest BCUT2D eigenvalue weighted by molar-refractivity contribution is -0.123. The minimum Gasteiger partial charge on any atom is -0.315 e. The van der Waals surface area contributed by atoms with Crippen LogP contribution in [0.2, 0.25) is 5.02 Å². The first-order chi connectivity index (χ1) is 12.4. The van der Waals surface area contributed by atoms with Crippen LogP contribution in [0.1, 0.15) is 29.5 Å². The number of likely N-dealkylation sites (tertiary alicyclic amines) is 1. The summed E-state index contributed by atoms with van der Waals surface area (Å²) in [5, 5.41) is 0.760. The Hall–Kier alpha value is -1.84. The van der Waals surface area contributed by atoms with Gasteiger partial charge in [-0.3, -0.25) is 9.69 Å². The highest BCUT2D eigenvalue weighted by atomic mass is 35.5. The maximum absolute atomic E-state index is 13.0. The van der Waals surface area contributed by atoms with E-state index in [0.29, 0.717) is 0 Å². The highest BCUT2D eigenvalue weighted by molar-refractivity contribution is 6.30. The van der Waals surface area contributed by atoms with E-state index in [1.54, 1.807) is 0 Å². The van der Waals surface area contributed by atoms with Gasteiger partial charge in [0.25, 0.3) is 0 Å². The summed E-state index contributed by atoms with van der Waals surface area (Å²) in [4.78, 5) is 17.2. The summed E-state index contributed by atoms with van der Waals surface area (Å²) in [7, 11) is 1.89. The van der Waals surface area contributed by atoms with Gasteiger partial charge < -0.3 is 4.90 Å². The largest absolute Gasteiger partial charge is 0.315 e. The fourth-order valence-electron chi connectivity index (χ4n) is 3.58. The second-order valence-electron chi connectivity index (χ2n) is 7.37. The second-order valence-corrected chi connectivity index (χ2v) is 7.80. The van der Waals surface area contributed by atoms with E-state index in [2.05, 4.69) is 43.0 Å². The topological polar surface area (TPSA) is 23.6 Å². The first kappa shape index (κ1) is 18.9. The average molecular weight is 371 g/mol. The molecule has 0 spiro atoms. The smallest absolute Gasteiger partial charge is 0.231 e. The van der Waals surface area contributed by atoms with Crippen molar-refractivity contribution in [1.29, 1.82) is 0 Å². The van der Waals surface area contributed by atoms with Gasteiger partial charge in [0.05, 0.1) is 5.92 Å². The van der Waals surface area contributed by atoms with E-state index in [0.717, 1.165) is 43.2 Å². The summed E-state index contributed by atoms with van der Waals surface area (Å²) < 4.78 is 0. The molecule has 1 aliphatic rings. The number of halogens is 1. The average Bonchev–Trinajstić information content (AvgIpc) is 2.65. The molecule has 0 aromatic heterocycles. The second kappa shape index (κ2) is 8.24. The number of benzene rings is 2. The first-order valence-electron chi connectivity index (χ1n) is 9.25. The van der Waals surface area contributed by atoms with Crippen molar-refractivity contribution < 1.29 is 4.79 Å². The predicted octanol–water partition coefficient (Wildman–Crippen LogP) is 4.83. The van der Waals surface area contributed by atoms with Crippen LogP contribution in [0.15, 0.2) is 42.5 Å². The molecule has 1 fully saturated rings. The zero-order valence-electron chi connectivity index (χ0n) is 15.8. The van der Waals surface area contributed by atoms with E-state index in [9.17, 15) is 4.79 Å². The molecule has 138 valence electrons. The summed E-state index contributed by atoms with van der Waals surface area (Å²) >= 11 is 5.97. The van der Waals surface area contributed by atoms with Crippen LogP contribution in [-0.2, 0) is 11.3 Å². The van der Waals surface area contributed by atoms with Gasteiger partial charge in [-0.05, 0) is 74.2 Å². The van der Waals surface area contributed by atoms with Crippen molar-refractivity contribution in [3.05, 3.63) is 64.2 Å². The van der Waals surface area contributed by atoms with Crippen LogP contribution in [-0.4, -0.2) is 30.9 Å². The van der Waals surface area contributed by atoms with E-state index in [1.165, 1.54) is 16.7 Å². The quantitative estimate of drug-likeness (QED) is 0.769. The molecule has 1 atom stereocenters. The standard InChI is InChI=1S/C22H27ClN2O/c1-16-6-11-21(13-17(16)2)24(3)22(26)19-5-4-12-25(15-19)14-18-7-9-20(23)10-8-18/h6-11,13,19H,4-5,12,14-15H2,1-3H3/t19-/m0/s1. The van der Waals surface area contributed by atoms with Gasteiger partial charge in [-0.25, -0.2) is 0 Å². The third-order valence-electron chi connectivity index (χ3n) is 5.38. The Bertz CT molecular complexity index is 772. The third-order valence-corrected chi connectivity index (χ3v) is 5.63. The van der Waals surface area contributed by atoms with Crippen LogP contribution in [0, 0.1) is 19.8 Å². The molecular formula is C22H27ClN2O. The predicted molar refractivity (Wildman–Crippen MR) is 109 cm³/mol. The fraction of sp³-hybridized carbons (Fsp3) is 0.409. The summed E-state index contributed by atoms with van der Waals surface area (Å²) in [5.41, 5.74) is 4.69. The van der Waals surface area contributed by atoms with Gasteiger partial charge in [0.2, 0.25) is 5.91 Å². The van der Waals surface area contributed by atoms with E-state index in [4.69, 9.17) is 11.6 Å². The normalized spacial score (nSPS) is 17.9. The van der Waals surface area contributed by atoms with Gasteiger partial charge in [0.15, 0.2) is 0 Å². The Kier molecular flexibility index (Phi) is 6.00. The lowest BCUT2D eigenvalue weighted by atomic mass is 9.95. The molecule has 0 bridgehead atoms. The molecule has 0 N–H and O–H groups in total. The molecule has 0 radical (unpaired) electrons. The minimum atomic E-state index is 0.0580. The van der Waals surface area contributed by atoms with Crippen LogP contribution in [0.25, 0.3) is 0 Å². The summed E-state index contributed by atoms with van der Waals surface area (Å²) in [6.45, 7) is 6.91. The SMILES string of the molecule is Cc1ccc(N(C)C(=O)[C@H]2CCCN(Cc3ccc(Cl)cc3)C2)cc1C. The monoisotopic (exact) mass is 370 g/mol. The van der Waals surface area contributed by atoms with Gasteiger partial charge in [-0.2, -0.15) is 0 Å². The number of rotatable bonds is 4. The maximum Gasteiger partial charge on any atom is 0.231 e. The maximum atomic E-state index is 13.0. The molecule has 1 heterocycles. The summed E-state index contributed by atoms with van der Waals surface area (Å²) in [6.07, 6.45) is 2.02. The number of hydrogen-bond acceptors (Lipinski definition) is 2. The minimum absolute atomic E-state index is 0.0580. The Morgan fingerprint density at radius 3 is 2.58 bits per heavy atom. The Labute approximate surface area is 161 Å². The van der Waals surface area contributed by atoms with Crippen LogP contribution in [0.3, 0.4) is 0 Å². The van der Waals surface area contributed by atoms with Gasteiger partial charge in [0.1, 0.15) is 0 Å². The molecule has 1 amide bonds. The molecule has 4 heteroatoms. The van der Waals surface area contributed by atoms with Crippen LogP contribution in [0.4, 0.5) is 5.69 Å². The van der Waals surface area contributed by atoms with Gasteiger partial charge in [-0.15, -0.1) is 0 Å². The molecule has 0 saturated carbocycles. The van der Waals surface area contributed by atoms with Crippen molar-refractivity contribution >= 4 is 23.2 Å². The molecule has 1 aliphatic heterocycles. The number of piperidine rings is 1. The van der Waals surface area contributed by atoms with Crippen molar-refractivity contribution in [3.8, 4) is 0 Å². The van der Waals surface area contributed by atoms with Crippen LogP contribution < -0.4 is 4.90 Å². The van der Waals surface area contributed by atoms with Crippen molar-refractivity contribution in [2.75, 3.05) is 25.0 Å². The zero-order chi connectivity index (χ0) is 18.7. The molecule has 26 heavy (non-hydrogen) atoms. The fourth-order valence-corrected chi connectivity index (χ4v) is 3.71. The number of aryl methyl sites for hydroxylation is 2. The molecule has 2 aromatic rings. The van der Waals surface area contributed by atoms with Crippen LogP contribution in [0.5, 0.6) is 0 Å². The first-order valence-corrected chi connectivity index (χ1v) is 9.63. The molecule has 0 unspecified atom stereocenters. The molecule has 1 saturated heterocycles. The number of carbonyl (C=O) groups excluding carboxylic acids is 1. The van der Waals surface area contributed by atoms with E-state index in [1.807, 2.05) is 30.1 Å². The number of hydrogen-bond donors (Lipinski definition) is 0. The number of nitrogens with zero attached hydrogens (tertiary/aromatic N) is 2. The highest BCUT2D eigenvalue weighted by Gasteiger charge is 2.28. The molecule has 0 aliphatic carbocycles. The van der Waals surface area contributed by atoms with E-state index >= 15 is 0 Å². The third kappa shape index (κ3) is 4.46. The number of anilines is 1. The van der Waals surface area contributed by atoms with Crippen molar-refractivity contribution in [2.45, 2.75) is 33.2 Å². The molecule has 2 aromatic carbocycles. The van der Waals surface area contributed by atoms with Gasteiger partial charge in [-0.1, -0.05) is 29.8 Å². The zero-order valence-corrected chi connectivity index (χ0v) is 16.6. The number of amides is 1. The Morgan fingerprint density at radius 1 is 1.15 bits per heavy atom. The van der Waals surface area contributed by atoms with Crippen LogP contribution >= 0.6 is 11.6 Å². The highest BCUT2D eigenvalue weighted by Crippen LogP contribution is 2.24. The Morgan fingerprint density at radius 2 is 1.88 bits per heavy atom. The van der Waals surface area contributed by atoms with E-state index < -0.39 is 0 Å². The van der Waals surface area contributed by atoms with E-state index in [-0.39, 0.29) is 11.8 Å². The molecular weight excluding hydrogens is 344 g/mol. The number of carbonyl (C=O) groups is 1. The summed E-state index contributed by atoms with van der Waals surface area (Å²) in [5.74, 6) is 0.275. The molecule has 3 rings (SSSR count). The van der Waals surface area contributed by atoms with Crippen molar-refractivity contribution in [2.24, 2.45) is 5.92 Å².